The molecule has 0 amide bonds. The molecule has 0 aliphatic carbocycles. The van der Waals surface area contributed by atoms with Crippen LogP contribution in [0.25, 0.3) is 0 Å². The summed E-state index contributed by atoms with van der Waals surface area (Å²) < 4.78 is 38.0. The van der Waals surface area contributed by atoms with Gasteiger partial charge in [0.1, 0.15) is 0 Å². The minimum Gasteiger partial charge on any atom is -0.283 e. The number of sulfonamides is 1. The molecule has 0 unspecified atom stereocenters. The summed E-state index contributed by atoms with van der Waals surface area (Å²) in [5, 5.41) is 10.3. The van der Waals surface area contributed by atoms with Crippen molar-refractivity contribution in [2.24, 2.45) is 0 Å². The number of hydrogen-bond acceptors (Lipinski definition) is 4. The lowest BCUT2D eigenvalue weighted by atomic mass is 10.3. The predicted octanol–water partition coefficient (Wildman–Crippen LogP) is 1.89. The van der Waals surface area contributed by atoms with Crippen LogP contribution in [0.3, 0.4) is 0 Å². The Kier molecular flexibility index (Phi) is 4.00. The van der Waals surface area contributed by atoms with Gasteiger partial charge in [0.05, 0.1) is 16.4 Å². The first-order valence-corrected chi connectivity index (χ1v) is 6.45. The number of benzene rings is 1. The smallest absolute Gasteiger partial charge is 0.283 e. The average Bonchev–Trinajstić information content (AvgIpc) is 2.15. The minimum atomic E-state index is -3.52. The van der Waals surface area contributed by atoms with Crippen LogP contribution in [0.5, 0.6) is 0 Å². The molecule has 1 aromatic rings. The van der Waals surface area contributed by atoms with Gasteiger partial charge in [0.25, 0.3) is 0 Å². The van der Waals surface area contributed by atoms with Gasteiger partial charge in [0, 0.05) is 12.1 Å². The average molecular weight is 262 g/mol. The lowest BCUT2D eigenvalue weighted by molar-refractivity contribution is -0.387. The number of halogens is 1. The molecule has 0 aliphatic rings. The Morgan fingerprint density at radius 3 is 2.59 bits per heavy atom. The largest absolute Gasteiger partial charge is 0.304 e. The molecule has 0 atom stereocenters. The Balaban J connectivity index is 2.96. The van der Waals surface area contributed by atoms with E-state index in [4.69, 9.17) is 0 Å². The molecule has 0 heterocycles. The van der Waals surface area contributed by atoms with E-state index < -0.39 is 26.5 Å². The number of nitro groups is 1. The molecule has 1 N–H and O–H groups in total. The zero-order chi connectivity index (χ0) is 13.1. The molecule has 8 heteroatoms. The predicted molar refractivity (Wildman–Crippen MR) is 60.8 cm³/mol. The van der Waals surface area contributed by atoms with Gasteiger partial charge in [-0.05, 0) is 12.5 Å². The van der Waals surface area contributed by atoms with E-state index in [1.165, 1.54) is 0 Å². The maximum Gasteiger partial charge on any atom is 0.304 e. The van der Waals surface area contributed by atoms with Crippen molar-refractivity contribution in [2.45, 2.75) is 13.3 Å². The zero-order valence-corrected chi connectivity index (χ0v) is 9.83. The van der Waals surface area contributed by atoms with E-state index in [1.54, 1.807) is 6.92 Å². The third kappa shape index (κ3) is 3.66. The van der Waals surface area contributed by atoms with Gasteiger partial charge < -0.3 is 0 Å². The quantitative estimate of drug-likeness (QED) is 0.648. The van der Waals surface area contributed by atoms with E-state index in [2.05, 4.69) is 4.72 Å². The van der Waals surface area contributed by atoms with Crippen LogP contribution >= 0.6 is 0 Å². The summed E-state index contributed by atoms with van der Waals surface area (Å²) >= 11 is 0. The SMILES string of the molecule is CCCS(=O)(=O)Nc1ccc([N+](=O)[O-])c(F)c1. The second-order valence-corrected chi connectivity index (χ2v) is 5.19. The Labute approximate surface area is 97.7 Å². The maximum atomic E-state index is 13.2. The molecule has 0 fully saturated rings. The number of anilines is 1. The lowest BCUT2D eigenvalue weighted by Gasteiger charge is -2.06. The minimum absolute atomic E-state index is 0.0263. The van der Waals surface area contributed by atoms with Gasteiger partial charge in [-0.1, -0.05) is 6.92 Å². The van der Waals surface area contributed by atoms with E-state index in [0.717, 1.165) is 18.2 Å². The third-order valence-electron chi connectivity index (χ3n) is 1.89. The maximum absolute atomic E-state index is 13.2. The van der Waals surface area contributed by atoms with Crippen molar-refractivity contribution in [3.8, 4) is 0 Å². The first-order valence-electron chi connectivity index (χ1n) is 4.80. The summed E-state index contributed by atoms with van der Waals surface area (Å²) in [7, 11) is -3.52. The Hall–Kier alpha value is -1.70. The number of nitro benzene ring substituents is 1. The molecule has 0 aliphatic heterocycles. The number of hydrogen-bond donors (Lipinski definition) is 1. The van der Waals surface area contributed by atoms with Crippen LogP contribution in [0.4, 0.5) is 15.8 Å². The lowest BCUT2D eigenvalue weighted by Crippen LogP contribution is -2.16. The van der Waals surface area contributed by atoms with Crippen LogP contribution in [0.15, 0.2) is 18.2 Å². The Morgan fingerprint density at radius 1 is 1.47 bits per heavy atom. The van der Waals surface area contributed by atoms with Crippen molar-refractivity contribution in [3.63, 3.8) is 0 Å². The first-order chi connectivity index (χ1) is 7.85. The highest BCUT2D eigenvalue weighted by atomic mass is 32.2. The Bertz CT molecular complexity index is 530. The van der Waals surface area contributed by atoms with Crippen molar-refractivity contribution < 1.29 is 17.7 Å². The van der Waals surface area contributed by atoms with Gasteiger partial charge in [-0.25, -0.2) is 8.42 Å². The highest BCUT2D eigenvalue weighted by Gasteiger charge is 2.16. The molecule has 0 radical (unpaired) electrons. The van der Waals surface area contributed by atoms with Crippen molar-refractivity contribution in [1.82, 2.24) is 0 Å². The van der Waals surface area contributed by atoms with Crippen LogP contribution in [0.1, 0.15) is 13.3 Å². The molecule has 0 aromatic heterocycles. The van der Waals surface area contributed by atoms with Crippen LogP contribution in [0.2, 0.25) is 0 Å². The molecule has 17 heavy (non-hydrogen) atoms. The summed E-state index contributed by atoms with van der Waals surface area (Å²) in [6.45, 7) is 1.69. The van der Waals surface area contributed by atoms with Gasteiger partial charge in [-0.15, -0.1) is 0 Å². The fraction of sp³-hybridized carbons (Fsp3) is 0.333. The number of rotatable bonds is 5. The van der Waals surface area contributed by atoms with Crippen molar-refractivity contribution in [3.05, 3.63) is 34.1 Å². The fourth-order valence-electron chi connectivity index (χ4n) is 1.22. The van der Waals surface area contributed by atoms with Crippen LogP contribution in [-0.2, 0) is 10.0 Å². The summed E-state index contributed by atoms with van der Waals surface area (Å²) in [4.78, 5) is 9.47. The van der Waals surface area contributed by atoms with Gasteiger partial charge in [-0.2, -0.15) is 4.39 Å². The van der Waals surface area contributed by atoms with E-state index in [9.17, 15) is 22.9 Å². The van der Waals surface area contributed by atoms with Gasteiger partial charge in [0.15, 0.2) is 0 Å². The fourth-order valence-corrected chi connectivity index (χ4v) is 2.34. The van der Waals surface area contributed by atoms with Crippen LogP contribution < -0.4 is 4.72 Å². The Morgan fingerprint density at radius 2 is 2.12 bits per heavy atom. The summed E-state index contributed by atoms with van der Waals surface area (Å²) in [5.41, 5.74) is -0.718. The topological polar surface area (TPSA) is 89.3 Å². The monoisotopic (exact) mass is 262 g/mol. The van der Waals surface area contributed by atoms with E-state index in [1.807, 2.05) is 0 Å². The summed E-state index contributed by atoms with van der Waals surface area (Å²) in [6, 6.07) is 2.85. The van der Waals surface area contributed by atoms with Gasteiger partial charge in [-0.3, -0.25) is 14.8 Å². The number of nitrogens with zero attached hydrogens (tertiary/aromatic N) is 1. The standard InChI is InChI=1S/C9H11FN2O4S/c1-2-5-17(15,16)11-7-3-4-9(12(13)14)8(10)6-7/h3-4,6,11H,2,5H2,1H3. The van der Waals surface area contributed by atoms with Crippen LogP contribution in [0, 0.1) is 15.9 Å². The van der Waals surface area contributed by atoms with Gasteiger partial charge in [0.2, 0.25) is 15.8 Å². The van der Waals surface area contributed by atoms with Crippen LogP contribution in [-0.4, -0.2) is 19.1 Å². The van der Waals surface area contributed by atoms with Crippen molar-refractivity contribution in [1.29, 1.82) is 0 Å². The first kappa shape index (κ1) is 13.4. The molecule has 1 aromatic carbocycles. The molecule has 94 valence electrons. The summed E-state index contributed by atoms with van der Waals surface area (Å²) in [5.74, 6) is -1.17. The zero-order valence-electron chi connectivity index (χ0n) is 9.01. The molecule has 0 bridgehead atoms. The molecule has 0 spiro atoms. The van der Waals surface area contributed by atoms with E-state index >= 15 is 0 Å². The number of nitrogens with one attached hydrogen (secondary N) is 1. The normalized spacial score (nSPS) is 11.2. The third-order valence-corrected chi connectivity index (χ3v) is 3.38. The second kappa shape index (κ2) is 5.09. The van der Waals surface area contributed by atoms with E-state index in [0.29, 0.717) is 6.42 Å². The molecule has 6 nitrogen and oxygen atoms in total. The highest BCUT2D eigenvalue weighted by Crippen LogP contribution is 2.21. The van der Waals surface area contributed by atoms with Gasteiger partial charge >= 0.3 is 5.69 Å². The molecule has 1 rings (SSSR count). The van der Waals surface area contributed by atoms with E-state index in [-0.39, 0.29) is 11.4 Å². The molecular weight excluding hydrogens is 251 g/mol. The molecular formula is C9H11FN2O4S. The molecule has 0 saturated heterocycles. The highest BCUT2D eigenvalue weighted by molar-refractivity contribution is 7.92. The summed E-state index contributed by atoms with van der Waals surface area (Å²) in [6.07, 6.45) is 0.421. The van der Waals surface area contributed by atoms with Crippen molar-refractivity contribution in [2.75, 3.05) is 10.5 Å². The molecule has 0 saturated carbocycles. The van der Waals surface area contributed by atoms with Crippen molar-refractivity contribution >= 4 is 21.4 Å². The second-order valence-electron chi connectivity index (χ2n) is 3.34.